The van der Waals surface area contributed by atoms with Crippen LogP contribution in [0.5, 0.6) is 0 Å². The summed E-state index contributed by atoms with van der Waals surface area (Å²) in [4.78, 5) is 0. The first-order valence-corrected chi connectivity index (χ1v) is 6.65. The number of nitrogens with one attached hydrogen (secondary N) is 1. The van der Waals surface area contributed by atoms with E-state index in [1.54, 1.807) is 0 Å². The number of aryl methyl sites for hydroxylation is 1. The molecule has 2 nitrogen and oxygen atoms in total. The van der Waals surface area contributed by atoms with Gasteiger partial charge >= 0.3 is 0 Å². The van der Waals surface area contributed by atoms with Crippen LogP contribution >= 0.6 is 0 Å². The zero-order valence-electron chi connectivity index (χ0n) is 11.3. The van der Waals surface area contributed by atoms with Crippen molar-refractivity contribution in [1.29, 1.82) is 0 Å². The second-order valence-electron chi connectivity index (χ2n) is 4.36. The van der Waals surface area contributed by atoms with Gasteiger partial charge in [-0.1, -0.05) is 36.8 Å². The Hall–Kier alpha value is -0.860. The molecular weight excluding hydrogens is 210 g/mol. The Morgan fingerprint density at radius 2 is 2.12 bits per heavy atom. The van der Waals surface area contributed by atoms with Crippen LogP contribution in [0.25, 0.3) is 0 Å². The molecule has 0 radical (unpaired) electrons. The first-order chi connectivity index (χ1) is 8.27. The SMILES string of the molecule is CCNC(CCCOCC)c1cccc(C)c1. The lowest BCUT2D eigenvalue weighted by atomic mass is 10.0. The van der Waals surface area contributed by atoms with Gasteiger partial charge < -0.3 is 10.1 Å². The largest absolute Gasteiger partial charge is 0.382 e. The lowest BCUT2D eigenvalue weighted by Crippen LogP contribution is -2.21. The highest BCUT2D eigenvalue weighted by atomic mass is 16.5. The predicted octanol–water partition coefficient (Wildman–Crippen LogP) is 3.46. The standard InChI is InChI=1S/C15H25NO/c1-4-16-15(10-7-11-17-5-2)14-9-6-8-13(3)12-14/h6,8-9,12,15-16H,4-5,7,10-11H2,1-3H3. The van der Waals surface area contributed by atoms with Gasteiger partial charge in [-0.15, -0.1) is 0 Å². The third-order valence-electron chi connectivity index (χ3n) is 2.88. The summed E-state index contributed by atoms with van der Waals surface area (Å²) in [6.45, 7) is 9.04. The average molecular weight is 235 g/mol. The molecule has 0 saturated heterocycles. The molecule has 96 valence electrons. The van der Waals surface area contributed by atoms with Gasteiger partial charge in [-0.2, -0.15) is 0 Å². The van der Waals surface area contributed by atoms with Crippen molar-refractivity contribution in [1.82, 2.24) is 5.32 Å². The Bertz CT molecular complexity index is 312. The summed E-state index contributed by atoms with van der Waals surface area (Å²) in [5.74, 6) is 0. The highest BCUT2D eigenvalue weighted by molar-refractivity contribution is 5.25. The smallest absolute Gasteiger partial charge is 0.0466 e. The zero-order valence-corrected chi connectivity index (χ0v) is 11.3. The van der Waals surface area contributed by atoms with Gasteiger partial charge in [0.05, 0.1) is 0 Å². The maximum Gasteiger partial charge on any atom is 0.0466 e. The molecule has 0 saturated carbocycles. The topological polar surface area (TPSA) is 21.3 Å². The minimum absolute atomic E-state index is 0.459. The van der Waals surface area contributed by atoms with E-state index in [9.17, 15) is 0 Å². The maximum absolute atomic E-state index is 5.39. The van der Waals surface area contributed by atoms with Crippen molar-refractivity contribution in [3.05, 3.63) is 35.4 Å². The second kappa shape index (κ2) is 8.26. The Balaban J connectivity index is 2.52. The van der Waals surface area contributed by atoms with Crippen LogP contribution in [0.15, 0.2) is 24.3 Å². The van der Waals surface area contributed by atoms with Crippen LogP contribution in [-0.2, 0) is 4.74 Å². The molecule has 0 amide bonds. The van der Waals surface area contributed by atoms with Crippen LogP contribution in [0.2, 0.25) is 0 Å². The zero-order chi connectivity index (χ0) is 12.5. The van der Waals surface area contributed by atoms with Gasteiger partial charge in [0.2, 0.25) is 0 Å². The van der Waals surface area contributed by atoms with Crippen LogP contribution in [0, 0.1) is 6.92 Å². The van der Waals surface area contributed by atoms with Crippen molar-refractivity contribution >= 4 is 0 Å². The van der Waals surface area contributed by atoms with E-state index in [4.69, 9.17) is 4.74 Å². The van der Waals surface area contributed by atoms with E-state index >= 15 is 0 Å². The molecule has 0 aromatic heterocycles. The van der Waals surface area contributed by atoms with Crippen molar-refractivity contribution in [2.75, 3.05) is 19.8 Å². The Kier molecular flexibility index (Phi) is 6.90. The number of rotatable bonds is 8. The van der Waals surface area contributed by atoms with Gasteiger partial charge in [-0.3, -0.25) is 0 Å². The molecule has 1 rings (SSSR count). The first-order valence-electron chi connectivity index (χ1n) is 6.65. The molecule has 0 spiro atoms. The quantitative estimate of drug-likeness (QED) is 0.697. The molecule has 1 aromatic carbocycles. The van der Waals surface area contributed by atoms with Crippen molar-refractivity contribution in [3.8, 4) is 0 Å². The Morgan fingerprint density at radius 1 is 1.29 bits per heavy atom. The monoisotopic (exact) mass is 235 g/mol. The Labute approximate surface area is 105 Å². The summed E-state index contributed by atoms with van der Waals surface area (Å²) in [5, 5.41) is 3.55. The van der Waals surface area contributed by atoms with Gasteiger partial charge in [0.25, 0.3) is 0 Å². The molecule has 1 atom stereocenters. The van der Waals surface area contributed by atoms with Gasteiger partial charge in [-0.05, 0) is 38.8 Å². The molecule has 0 aliphatic rings. The minimum Gasteiger partial charge on any atom is -0.382 e. The van der Waals surface area contributed by atoms with E-state index < -0.39 is 0 Å². The van der Waals surface area contributed by atoms with Crippen molar-refractivity contribution in [2.24, 2.45) is 0 Å². The number of hydrogen-bond acceptors (Lipinski definition) is 2. The lowest BCUT2D eigenvalue weighted by molar-refractivity contribution is 0.141. The molecular formula is C15H25NO. The third-order valence-corrected chi connectivity index (χ3v) is 2.88. The van der Waals surface area contributed by atoms with E-state index in [2.05, 4.69) is 43.4 Å². The third kappa shape index (κ3) is 5.33. The molecule has 1 N–H and O–H groups in total. The average Bonchev–Trinajstić information content (AvgIpc) is 2.33. The van der Waals surface area contributed by atoms with Crippen LogP contribution in [-0.4, -0.2) is 19.8 Å². The maximum atomic E-state index is 5.39. The number of benzene rings is 1. The molecule has 1 aromatic rings. The summed E-state index contributed by atoms with van der Waals surface area (Å²) < 4.78 is 5.39. The summed E-state index contributed by atoms with van der Waals surface area (Å²) in [7, 11) is 0. The van der Waals surface area contributed by atoms with Crippen LogP contribution in [0.3, 0.4) is 0 Å². The fourth-order valence-electron chi connectivity index (χ4n) is 2.05. The van der Waals surface area contributed by atoms with E-state index in [0.29, 0.717) is 6.04 Å². The molecule has 1 unspecified atom stereocenters. The number of ether oxygens (including phenoxy) is 1. The van der Waals surface area contributed by atoms with Crippen molar-refractivity contribution < 1.29 is 4.74 Å². The molecule has 2 heteroatoms. The first kappa shape index (κ1) is 14.2. The fourth-order valence-corrected chi connectivity index (χ4v) is 2.05. The molecule has 0 heterocycles. The molecule has 0 fully saturated rings. The summed E-state index contributed by atoms with van der Waals surface area (Å²) >= 11 is 0. The van der Waals surface area contributed by atoms with Crippen LogP contribution < -0.4 is 5.32 Å². The van der Waals surface area contributed by atoms with Crippen molar-refractivity contribution in [3.63, 3.8) is 0 Å². The van der Waals surface area contributed by atoms with E-state index in [1.807, 2.05) is 6.92 Å². The molecule has 0 bridgehead atoms. The summed E-state index contributed by atoms with van der Waals surface area (Å²) in [6.07, 6.45) is 2.25. The van der Waals surface area contributed by atoms with Crippen LogP contribution in [0.4, 0.5) is 0 Å². The van der Waals surface area contributed by atoms with Gasteiger partial charge in [0, 0.05) is 19.3 Å². The van der Waals surface area contributed by atoms with Gasteiger partial charge in [-0.25, -0.2) is 0 Å². The molecule has 17 heavy (non-hydrogen) atoms. The normalized spacial score (nSPS) is 12.6. The van der Waals surface area contributed by atoms with Crippen LogP contribution in [0.1, 0.15) is 43.9 Å². The Morgan fingerprint density at radius 3 is 2.76 bits per heavy atom. The highest BCUT2D eigenvalue weighted by Gasteiger charge is 2.09. The highest BCUT2D eigenvalue weighted by Crippen LogP contribution is 2.19. The molecule has 0 aliphatic carbocycles. The second-order valence-corrected chi connectivity index (χ2v) is 4.36. The molecule has 0 aliphatic heterocycles. The minimum atomic E-state index is 0.459. The summed E-state index contributed by atoms with van der Waals surface area (Å²) in [6, 6.07) is 9.22. The van der Waals surface area contributed by atoms with E-state index in [1.165, 1.54) is 11.1 Å². The lowest BCUT2D eigenvalue weighted by Gasteiger charge is -2.18. The number of hydrogen-bond donors (Lipinski definition) is 1. The summed E-state index contributed by atoms with van der Waals surface area (Å²) in [5.41, 5.74) is 2.72. The van der Waals surface area contributed by atoms with E-state index in [0.717, 1.165) is 32.6 Å². The van der Waals surface area contributed by atoms with Crippen molar-refractivity contribution in [2.45, 2.75) is 39.7 Å². The predicted molar refractivity (Wildman–Crippen MR) is 73.3 cm³/mol. The van der Waals surface area contributed by atoms with E-state index in [-0.39, 0.29) is 0 Å². The van der Waals surface area contributed by atoms with Gasteiger partial charge in [0.1, 0.15) is 0 Å². The fraction of sp³-hybridized carbons (Fsp3) is 0.600. The van der Waals surface area contributed by atoms with Gasteiger partial charge in [0.15, 0.2) is 0 Å².